The van der Waals surface area contributed by atoms with Gasteiger partial charge < -0.3 is 11.1 Å². The summed E-state index contributed by atoms with van der Waals surface area (Å²) < 4.78 is 22.0. The summed E-state index contributed by atoms with van der Waals surface area (Å²) in [6, 6.07) is 7.80. The number of hydrogen-bond acceptors (Lipinski definition) is 4. The van der Waals surface area contributed by atoms with Crippen molar-refractivity contribution in [1.29, 1.82) is 0 Å². The molecule has 0 aliphatic rings. The highest BCUT2D eigenvalue weighted by Gasteiger charge is 2.10. The highest BCUT2D eigenvalue weighted by molar-refractivity contribution is 7.90. The normalized spacial score (nSPS) is 12.6. The second-order valence-corrected chi connectivity index (χ2v) is 8.23. The average Bonchev–Trinajstić information content (AvgIpc) is 2.43. The minimum absolute atomic E-state index is 0. The Kier molecular flexibility index (Phi) is 9.42. The molecule has 0 aliphatic carbocycles. The molecule has 0 radical (unpaired) electrons. The predicted molar refractivity (Wildman–Crippen MR) is 96.7 cm³/mol. The van der Waals surface area contributed by atoms with Crippen molar-refractivity contribution in [2.24, 2.45) is 5.73 Å². The van der Waals surface area contributed by atoms with Crippen LogP contribution in [0.25, 0.3) is 0 Å². The number of carbonyl (C=O) groups is 1. The predicted octanol–water partition coefficient (Wildman–Crippen LogP) is 2.17. The smallest absolute Gasteiger partial charge is 0.220 e. The van der Waals surface area contributed by atoms with E-state index in [1.165, 1.54) is 11.8 Å². The number of rotatable bonds is 8. The van der Waals surface area contributed by atoms with E-state index < -0.39 is 9.84 Å². The molecule has 7 heteroatoms. The van der Waals surface area contributed by atoms with Crippen molar-refractivity contribution in [3.8, 4) is 0 Å². The van der Waals surface area contributed by atoms with Gasteiger partial charge in [-0.25, -0.2) is 8.42 Å². The summed E-state index contributed by atoms with van der Waals surface area (Å²) in [5.74, 6) is 0.334. The van der Waals surface area contributed by atoms with Crippen molar-refractivity contribution in [3.63, 3.8) is 0 Å². The van der Waals surface area contributed by atoms with Crippen LogP contribution in [-0.4, -0.2) is 32.9 Å². The minimum Gasteiger partial charge on any atom is -0.354 e. The fourth-order valence-corrected chi connectivity index (χ4v) is 2.72. The third kappa shape index (κ3) is 8.93. The summed E-state index contributed by atoms with van der Waals surface area (Å²) in [5, 5.41) is 2.75. The first-order valence-corrected chi connectivity index (χ1v) is 9.55. The maximum atomic E-state index is 11.6. The number of halogens is 1. The van der Waals surface area contributed by atoms with E-state index in [-0.39, 0.29) is 36.5 Å². The van der Waals surface area contributed by atoms with Crippen LogP contribution in [0.4, 0.5) is 0 Å². The number of hydrogen-bond donors (Lipinski definition) is 2. The Morgan fingerprint density at radius 1 is 1.17 bits per heavy atom. The van der Waals surface area contributed by atoms with Gasteiger partial charge in [-0.2, -0.15) is 0 Å². The Hall–Kier alpha value is -1.11. The second kappa shape index (κ2) is 9.90. The van der Waals surface area contributed by atoms with Crippen molar-refractivity contribution in [3.05, 3.63) is 35.4 Å². The van der Waals surface area contributed by atoms with Crippen molar-refractivity contribution in [1.82, 2.24) is 5.32 Å². The molecule has 1 amide bonds. The number of carbonyl (C=O) groups excluding carboxylic acids is 1. The molecule has 5 nitrogen and oxygen atoms in total. The van der Waals surface area contributed by atoms with Crippen LogP contribution >= 0.6 is 12.4 Å². The number of benzene rings is 1. The molecule has 0 aliphatic heterocycles. The number of nitrogens with two attached hydrogens (primary N) is 1. The summed E-state index contributed by atoms with van der Waals surface area (Å²) in [4.78, 5) is 11.6. The lowest BCUT2D eigenvalue weighted by molar-refractivity contribution is -0.121. The van der Waals surface area contributed by atoms with E-state index in [1.807, 2.05) is 24.3 Å². The molecular formula is C16H27ClN2O3S. The van der Waals surface area contributed by atoms with Crippen LogP contribution in [0.1, 0.15) is 49.8 Å². The van der Waals surface area contributed by atoms with Gasteiger partial charge in [0.25, 0.3) is 0 Å². The van der Waals surface area contributed by atoms with Gasteiger partial charge in [-0.1, -0.05) is 38.1 Å². The molecule has 1 aromatic rings. The van der Waals surface area contributed by atoms with Gasteiger partial charge in [-0.3, -0.25) is 4.79 Å². The molecule has 0 heterocycles. The summed E-state index contributed by atoms with van der Waals surface area (Å²) >= 11 is 0. The van der Waals surface area contributed by atoms with Crippen LogP contribution in [0.15, 0.2) is 24.3 Å². The molecule has 23 heavy (non-hydrogen) atoms. The molecule has 0 aromatic heterocycles. The van der Waals surface area contributed by atoms with Gasteiger partial charge in [-0.05, 0) is 23.5 Å². The van der Waals surface area contributed by atoms with Crippen molar-refractivity contribution < 1.29 is 13.2 Å². The summed E-state index contributed by atoms with van der Waals surface area (Å²) in [7, 11) is -3.01. The third-order valence-corrected chi connectivity index (χ3v) is 4.50. The molecule has 0 bridgehead atoms. The van der Waals surface area contributed by atoms with Gasteiger partial charge in [0.2, 0.25) is 5.91 Å². The third-order valence-electron chi connectivity index (χ3n) is 3.47. The lowest BCUT2D eigenvalue weighted by Gasteiger charge is -2.14. The molecule has 1 aromatic carbocycles. The Balaban J connectivity index is 0.00000484. The van der Waals surface area contributed by atoms with Crippen molar-refractivity contribution in [2.75, 3.05) is 18.6 Å². The number of nitrogens with one attached hydrogen (secondary N) is 1. The zero-order valence-corrected chi connectivity index (χ0v) is 15.5. The maximum absolute atomic E-state index is 11.6. The van der Waals surface area contributed by atoms with Gasteiger partial charge in [0.1, 0.15) is 9.84 Å². The van der Waals surface area contributed by atoms with Gasteiger partial charge >= 0.3 is 0 Å². The molecule has 1 unspecified atom stereocenters. The topological polar surface area (TPSA) is 89.3 Å². The first-order chi connectivity index (χ1) is 10.2. The van der Waals surface area contributed by atoms with E-state index in [2.05, 4.69) is 19.2 Å². The highest BCUT2D eigenvalue weighted by atomic mass is 35.5. The lowest BCUT2D eigenvalue weighted by Crippen LogP contribution is -2.32. The van der Waals surface area contributed by atoms with E-state index >= 15 is 0 Å². The number of amides is 1. The average molecular weight is 363 g/mol. The second-order valence-electron chi connectivity index (χ2n) is 5.97. The Morgan fingerprint density at radius 3 is 2.17 bits per heavy atom. The lowest BCUT2D eigenvalue weighted by atomic mass is 9.99. The Morgan fingerprint density at radius 2 is 1.70 bits per heavy atom. The van der Waals surface area contributed by atoms with Crippen molar-refractivity contribution in [2.45, 2.75) is 38.6 Å². The molecule has 0 saturated carbocycles. The van der Waals surface area contributed by atoms with E-state index in [9.17, 15) is 13.2 Å². The van der Waals surface area contributed by atoms with Crippen LogP contribution in [0.2, 0.25) is 0 Å². The molecule has 0 fully saturated rings. The standard InChI is InChI=1S/C16H26N2O3S.ClH/c1-12(2)13-6-8-14(9-7-13)15(17)11-18-16(19)5-4-10-22(3,20)21;/h6-9,12,15H,4-5,10-11,17H2,1-3H3,(H,18,19);1H. The zero-order chi connectivity index (χ0) is 16.8. The van der Waals surface area contributed by atoms with E-state index in [1.54, 1.807) is 0 Å². The molecule has 3 N–H and O–H groups in total. The van der Waals surface area contributed by atoms with Crippen LogP contribution in [0.3, 0.4) is 0 Å². The summed E-state index contributed by atoms with van der Waals surface area (Å²) in [6.07, 6.45) is 1.71. The fraction of sp³-hybridized carbons (Fsp3) is 0.562. The van der Waals surface area contributed by atoms with Crippen LogP contribution < -0.4 is 11.1 Å². The van der Waals surface area contributed by atoms with Gasteiger partial charge in [0, 0.05) is 25.3 Å². The molecule has 0 spiro atoms. The SMILES string of the molecule is CC(C)c1ccc(C(N)CNC(=O)CCCS(C)(=O)=O)cc1.Cl. The molecule has 1 rings (SSSR count). The first-order valence-electron chi connectivity index (χ1n) is 7.49. The monoisotopic (exact) mass is 362 g/mol. The van der Waals surface area contributed by atoms with Gasteiger partial charge in [0.15, 0.2) is 0 Å². The van der Waals surface area contributed by atoms with Gasteiger partial charge in [0.05, 0.1) is 5.75 Å². The quantitative estimate of drug-likeness (QED) is 0.741. The Labute approximate surface area is 145 Å². The minimum atomic E-state index is -3.01. The first kappa shape index (κ1) is 21.9. The van der Waals surface area contributed by atoms with Crippen molar-refractivity contribution >= 4 is 28.2 Å². The van der Waals surface area contributed by atoms with Gasteiger partial charge in [-0.15, -0.1) is 12.4 Å². The van der Waals surface area contributed by atoms with Crippen LogP contribution in [0.5, 0.6) is 0 Å². The summed E-state index contributed by atoms with van der Waals surface area (Å²) in [6.45, 7) is 4.61. The summed E-state index contributed by atoms with van der Waals surface area (Å²) in [5.41, 5.74) is 8.28. The molecule has 0 saturated heterocycles. The van der Waals surface area contributed by atoms with Crippen LogP contribution in [-0.2, 0) is 14.6 Å². The van der Waals surface area contributed by atoms with E-state index in [0.717, 1.165) is 5.56 Å². The highest BCUT2D eigenvalue weighted by Crippen LogP contribution is 2.17. The fourth-order valence-electron chi connectivity index (χ4n) is 2.05. The molecular weight excluding hydrogens is 336 g/mol. The maximum Gasteiger partial charge on any atom is 0.220 e. The Bertz CT molecular complexity index is 586. The van der Waals surface area contributed by atoms with E-state index in [0.29, 0.717) is 18.9 Å². The zero-order valence-electron chi connectivity index (χ0n) is 13.9. The molecule has 132 valence electrons. The molecule has 1 atom stereocenters. The largest absolute Gasteiger partial charge is 0.354 e. The number of sulfone groups is 1. The van der Waals surface area contributed by atoms with Crippen LogP contribution in [0, 0.1) is 0 Å². The van der Waals surface area contributed by atoms with E-state index in [4.69, 9.17) is 5.73 Å².